The Bertz CT molecular complexity index is 650. The zero-order valence-electron chi connectivity index (χ0n) is 12.9. The molecule has 4 aliphatic rings. The third-order valence-electron chi connectivity index (χ3n) is 5.89. The molecule has 4 heteroatoms. The molecule has 3 aliphatic carbocycles. The molecule has 0 N–H and O–H groups in total. The number of hydrogen-bond donors (Lipinski definition) is 0. The Morgan fingerprint density at radius 2 is 1.78 bits per heavy atom. The minimum absolute atomic E-state index is 0.0499. The van der Waals surface area contributed by atoms with Crippen LogP contribution in [-0.2, 0) is 14.3 Å². The number of carbonyl (C=O) groups is 1. The highest BCUT2D eigenvalue weighted by atomic mass is 32.2. The lowest BCUT2D eigenvalue weighted by molar-refractivity contribution is -0.221. The summed E-state index contributed by atoms with van der Waals surface area (Å²) in [6, 6.07) is 10.3. The van der Waals surface area contributed by atoms with E-state index in [-0.39, 0.29) is 17.1 Å². The number of fused-ring (bicyclic) bond motifs is 6. The third-order valence-corrected chi connectivity index (χ3v) is 7.22. The van der Waals surface area contributed by atoms with E-state index < -0.39 is 5.79 Å². The van der Waals surface area contributed by atoms with E-state index in [4.69, 9.17) is 9.47 Å². The second-order valence-electron chi connectivity index (χ2n) is 7.01. The van der Waals surface area contributed by atoms with E-state index in [9.17, 15) is 4.79 Å². The van der Waals surface area contributed by atoms with E-state index in [2.05, 4.69) is 24.3 Å². The van der Waals surface area contributed by atoms with Crippen LogP contribution in [0.2, 0.25) is 0 Å². The smallest absolute Gasteiger partial charge is 0.185 e. The first-order valence-corrected chi connectivity index (χ1v) is 9.36. The molecule has 3 fully saturated rings. The van der Waals surface area contributed by atoms with Gasteiger partial charge in [0.2, 0.25) is 0 Å². The maximum absolute atomic E-state index is 12.8. The Morgan fingerprint density at radius 3 is 2.57 bits per heavy atom. The monoisotopic (exact) mass is 328 g/mol. The molecule has 1 heterocycles. The molecular formula is C19H20O3S. The molecule has 1 aromatic carbocycles. The molecule has 1 saturated heterocycles. The molecule has 5 rings (SSSR count). The molecule has 1 aliphatic heterocycles. The lowest BCUT2D eigenvalue weighted by Gasteiger charge is -2.48. The number of ether oxygens (including phenoxy) is 2. The van der Waals surface area contributed by atoms with Gasteiger partial charge in [0.15, 0.2) is 5.79 Å². The summed E-state index contributed by atoms with van der Waals surface area (Å²) in [5.74, 6) is 0.975. The summed E-state index contributed by atoms with van der Waals surface area (Å²) in [6.45, 7) is 1.29. The van der Waals surface area contributed by atoms with Crippen LogP contribution in [0.4, 0.5) is 0 Å². The first-order valence-electron chi connectivity index (χ1n) is 8.48. The molecule has 0 aromatic heterocycles. The van der Waals surface area contributed by atoms with Crippen LogP contribution < -0.4 is 0 Å². The molecule has 0 amide bonds. The van der Waals surface area contributed by atoms with Gasteiger partial charge < -0.3 is 9.47 Å². The van der Waals surface area contributed by atoms with Crippen LogP contribution in [0.15, 0.2) is 47.4 Å². The predicted molar refractivity (Wildman–Crippen MR) is 88.1 cm³/mol. The first-order chi connectivity index (χ1) is 11.3. The van der Waals surface area contributed by atoms with Gasteiger partial charge in [-0.15, -0.1) is 11.8 Å². The summed E-state index contributed by atoms with van der Waals surface area (Å²) in [4.78, 5) is 14.0. The van der Waals surface area contributed by atoms with Gasteiger partial charge in [0.1, 0.15) is 5.78 Å². The predicted octanol–water partition coefficient (Wildman–Crippen LogP) is 3.30. The van der Waals surface area contributed by atoms with Gasteiger partial charge in [0.25, 0.3) is 0 Å². The molecule has 23 heavy (non-hydrogen) atoms. The second-order valence-corrected chi connectivity index (χ2v) is 8.28. The summed E-state index contributed by atoms with van der Waals surface area (Å²) in [7, 11) is 0. The van der Waals surface area contributed by atoms with Gasteiger partial charge in [-0.3, -0.25) is 4.79 Å². The van der Waals surface area contributed by atoms with Crippen LogP contribution >= 0.6 is 11.8 Å². The Balaban J connectivity index is 1.53. The van der Waals surface area contributed by atoms with E-state index in [0.717, 1.165) is 6.42 Å². The number of Topliss-reactive ketones (excluding diaryl/α,β-unsaturated/α-hetero) is 1. The molecule has 3 nitrogen and oxygen atoms in total. The Morgan fingerprint density at radius 1 is 1.04 bits per heavy atom. The summed E-state index contributed by atoms with van der Waals surface area (Å²) in [6.07, 6.45) is 6.19. The van der Waals surface area contributed by atoms with Crippen LogP contribution in [0.1, 0.15) is 12.8 Å². The number of ketones is 1. The first kappa shape index (κ1) is 14.3. The average molecular weight is 328 g/mol. The van der Waals surface area contributed by atoms with Crippen LogP contribution in [0, 0.1) is 23.7 Å². The van der Waals surface area contributed by atoms with Crippen molar-refractivity contribution in [1.82, 2.24) is 0 Å². The summed E-state index contributed by atoms with van der Waals surface area (Å²) < 4.78 is 12.5. The highest BCUT2D eigenvalue weighted by Gasteiger charge is 2.65. The van der Waals surface area contributed by atoms with Gasteiger partial charge in [0, 0.05) is 23.2 Å². The topological polar surface area (TPSA) is 35.5 Å². The minimum atomic E-state index is -0.580. The SMILES string of the molecule is O=C1C[C@@H](Sc2ccccc2)C2(OCCO2)[C@H]2[C@@H]1[C@H]1C=C[C@@H]2C1. The molecule has 5 atom stereocenters. The van der Waals surface area contributed by atoms with Gasteiger partial charge >= 0.3 is 0 Å². The Kier molecular flexibility index (Phi) is 3.22. The average Bonchev–Trinajstić information content (AvgIpc) is 3.30. The largest absolute Gasteiger partial charge is 0.346 e. The number of allylic oxidation sites excluding steroid dienone is 2. The van der Waals surface area contributed by atoms with Crippen LogP contribution in [-0.4, -0.2) is 30.0 Å². The van der Waals surface area contributed by atoms with Crippen LogP contribution in [0.5, 0.6) is 0 Å². The van der Waals surface area contributed by atoms with Gasteiger partial charge in [-0.25, -0.2) is 0 Å². The van der Waals surface area contributed by atoms with E-state index in [1.807, 2.05) is 18.2 Å². The molecular weight excluding hydrogens is 308 g/mol. The third kappa shape index (κ3) is 2.01. The Hall–Kier alpha value is -1.10. The Labute approximate surface area is 140 Å². The van der Waals surface area contributed by atoms with E-state index in [0.29, 0.717) is 37.3 Å². The number of rotatable bonds is 2. The molecule has 2 bridgehead atoms. The maximum Gasteiger partial charge on any atom is 0.185 e. The fourth-order valence-corrected chi connectivity index (χ4v) is 6.44. The molecule has 1 aromatic rings. The van der Waals surface area contributed by atoms with Crippen molar-refractivity contribution in [3.05, 3.63) is 42.5 Å². The number of carbonyl (C=O) groups excluding carboxylic acids is 1. The quantitative estimate of drug-likeness (QED) is 0.781. The van der Waals surface area contributed by atoms with Gasteiger partial charge in [-0.2, -0.15) is 0 Å². The van der Waals surface area contributed by atoms with Crippen molar-refractivity contribution < 1.29 is 14.3 Å². The van der Waals surface area contributed by atoms with Crippen LogP contribution in [0.3, 0.4) is 0 Å². The molecule has 1 spiro atoms. The van der Waals surface area contributed by atoms with E-state index in [1.54, 1.807) is 11.8 Å². The highest BCUT2D eigenvalue weighted by Crippen LogP contribution is 2.60. The van der Waals surface area contributed by atoms with Gasteiger partial charge in [-0.1, -0.05) is 30.4 Å². The normalized spacial score (nSPS) is 40.0. The fourth-order valence-electron chi connectivity index (χ4n) is 5.10. The minimum Gasteiger partial charge on any atom is -0.346 e. The van der Waals surface area contributed by atoms with E-state index in [1.165, 1.54) is 4.90 Å². The summed E-state index contributed by atoms with van der Waals surface area (Å²) >= 11 is 1.75. The second kappa shape index (κ2) is 5.20. The van der Waals surface area contributed by atoms with Crippen molar-refractivity contribution in [1.29, 1.82) is 0 Å². The molecule has 0 radical (unpaired) electrons. The molecule has 2 saturated carbocycles. The molecule has 120 valence electrons. The maximum atomic E-state index is 12.8. The fraction of sp³-hybridized carbons (Fsp3) is 0.526. The van der Waals surface area contributed by atoms with E-state index >= 15 is 0 Å². The van der Waals surface area contributed by atoms with Crippen LogP contribution in [0.25, 0.3) is 0 Å². The number of hydrogen-bond acceptors (Lipinski definition) is 4. The van der Waals surface area contributed by atoms with Crippen molar-refractivity contribution in [2.45, 2.75) is 28.8 Å². The van der Waals surface area contributed by atoms with Gasteiger partial charge in [-0.05, 0) is 30.4 Å². The summed E-state index contributed by atoms with van der Waals surface area (Å²) in [5.41, 5.74) is 0. The van der Waals surface area contributed by atoms with Crippen molar-refractivity contribution in [3.8, 4) is 0 Å². The van der Waals surface area contributed by atoms with Crippen molar-refractivity contribution in [2.75, 3.05) is 13.2 Å². The summed E-state index contributed by atoms with van der Waals surface area (Å²) in [5, 5.41) is 0.0499. The number of thioether (sulfide) groups is 1. The zero-order valence-corrected chi connectivity index (χ0v) is 13.7. The highest BCUT2D eigenvalue weighted by molar-refractivity contribution is 8.00. The van der Waals surface area contributed by atoms with Crippen molar-refractivity contribution in [3.63, 3.8) is 0 Å². The molecule has 0 unspecified atom stereocenters. The number of benzene rings is 1. The van der Waals surface area contributed by atoms with Gasteiger partial charge in [0.05, 0.1) is 18.5 Å². The van der Waals surface area contributed by atoms with Crippen molar-refractivity contribution in [2.24, 2.45) is 23.7 Å². The lowest BCUT2D eigenvalue weighted by Crippen LogP contribution is -2.58. The standard InChI is InChI=1S/C19H20O3S/c20-15-11-16(23-14-4-2-1-3-5-14)19(21-8-9-22-19)18-13-7-6-12(10-13)17(15)18/h1-7,12-13,16-18H,8-11H2/t12-,13+,16+,17+,18+/m0/s1. The van der Waals surface area contributed by atoms with Crippen molar-refractivity contribution >= 4 is 17.5 Å². The zero-order chi connectivity index (χ0) is 15.4. The lowest BCUT2D eigenvalue weighted by atomic mass is 9.68.